The highest BCUT2D eigenvalue weighted by Gasteiger charge is 2.27. The predicted octanol–water partition coefficient (Wildman–Crippen LogP) is 2.49. The first kappa shape index (κ1) is 16.9. The molecule has 1 fully saturated rings. The van der Waals surface area contributed by atoms with Gasteiger partial charge in [0.1, 0.15) is 5.75 Å². The topological polar surface area (TPSA) is 97.6 Å². The lowest BCUT2D eigenvalue weighted by molar-refractivity contribution is -0.120. The zero-order valence-electron chi connectivity index (χ0n) is 14.6. The van der Waals surface area contributed by atoms with Gasteiger partial charge in [0, 0.05) is 23.9 Å². The Bertz CT molecular complexity index is 822. The van der Waals surface area contributed by atoms with Crippen LogP contribution in [0.15, 0.2) is 22.7 Å². The number of rotatable bonds is 3. The van der Waals surface area contributed by atoms with E-state index in [1.165, 1.54) is 12.0 Å². The number of nitrogens with one attached hydrogen (secondary N) is 1. The molecule has 25 heavy (non-hydrogen) atoms. The minimum absolute atomic E-state index is 0.218. The van der Waals surface area contributed by atoms with Crippen LogP contribution >= 0.6 is 0 Å². The van der Waals surface area contributed by atoms with Crippen LogP contribution in [0, 0.1) is 0 Å². The van der Waals surface area contributed by atoms with Gasteiger partial charge in [-0.15, -0.1) is 0 Å². The highest BCUT2D eigenvalue weighted by Crippen LogP contribution is 2.34. The van der Waals surface area contributed by atoms with E-state index in [9.17, 15) is 9.59 Å². The van der Waals surface area contributed by atoms with Crippen molar-refractivity contribution in [2.45, 2.75) is 32.6 Å². The maximum atomic E-state index is 12.0. The molecule has 1 aromatic heterocycles. The molecule has 8 nitrogen and oxygen atoms in total. The van der Waals surface area contributed by atoms with Gasteiger partial charge in [0.25, 0.3) is 5.89 Å². The number of urea groups is 1. The molecule has 0 saturated carbocycles. The van der Waals surface area contributed by atoms with Gasteiger partial charge in [0.05, 0.1) is 12.8 Å². The van der Waals surface area contributed by atoms with Gasteiger partial charge in [-0.1, -0.05) is 25.9 Å². The Kier molecular flexibility index (Phi) is 4.20. The normalized spacial score (nSPS) is 15.3. The highest BCUT2D eigenvalue weighted by atomic mass is 16.5. The number of aromatic nitrogens is 2. The molecule has 0 atom stereocenters. The van der Waals surface area contributed by atoms with Crippen LogP contribution in [0.25, 0.3) is 11.5 Å². The monoisotopic (exact) mass is 344 g/mol. The Balaban J connectivity index is 1.93. The minimum Gasteiger partial charge on any atom is -0.495 e. The first-order valence-corrected chi connectivity index (χ1v) is 7.93. The van der Waals surface area contributed by atoms with Crippen LogP contribution in [0.5, 0.6) is 5.75 Å². The van der Waals surface area contributed by atoms with E-state index in [-0.39, 0.29) is 17.7 Å². The van der Waals surface area contributed by atoms with E-state index in [1.807, 2.05) is 20.8 Å². The molecule has 0 unspecified atom stereocenters. The summed E-state index contributed by atoms with van der Waals surface area (Å²) in [5.74, 6) is 1.20. The zero-order valence-corrected chi connectivity index (χ0v) is 14.6. The summed E-state index contributed by atoms with van der Waals surface area (Å²) in [6.45, 7) is 6.31. The summed E-state index contributed by atoms with van der Waals surface area (Å²) >= 11 is 0. The Morgan fingerprint density at radius 3 is 2.64 bits per heavy atom. The first-order valence-electron chi connectivity index (χ1n) is 7.93. The third-order valence-corrected chi connectivity index (χ3v) is 3.87. The van der Waals surface area contributed by atoms with Crippen LogP contribution < -0.4 is 15.0 Å². The molecular weight excluding hydrogens is 324 g/mol. The van der Waals surface area contributed by atoms with E-state index in [0.29, 0.717) is 35.3 Å². The van der Waals surface area contributed by atoms with Gasteiger partial charge in [-0.3, -0.25) is 15.0 Å². The second-order valence-electron chi connectivity index (χ2n) is 6.81. The van der Waals surface area contributed by atoms with Gasteiger partial charge in [-0.2, -0.15) is 4.98 Å². The summed E-state index contributed by atoms with van der Waals surface area (Å²) in [6.07, 6.45) is 0.245. The Labute approximate surface area is 145 Å². The number of anilines is 1. The SMILES string of the molecule is COc1cc(-c2nc(C(C)(C)C)no2)ccc1N1CCC(=O)NC1=O. The quantitative estimate of drug-likeness (QED) is 0.919. The van der Waals surface area contributed by atoms with E-state index in [0.717, 1.165) is 0 Å². The lowest BCUT2D eigenvalue weighted by Crippen LogP contribution is -2.49. The number of methoxy groups -OCH3 is 1. The number of hydrogen-bond donors (Lipinski definition) is 1. The molecule has 1 aliphatic heterocycles. The average Bonchev–Trinajstić information content (AvgIpc) is 3.05. The summed E-state index contributed by atoms with van der Waals surface area (Å²) in [5.41, 5.74) is 1.05. The summed E-state index contributed by atoms with van der Waals surface area (Å²) in [7, 11) is 1.52. The average molecular weight is 344 g/mol. The number of carbonyl (C=O) groups excluding carboxylic acids is 2. The summed E-state index contributed by atoms with van der Waals surface area (Å²) in [5, 5.41) is 6.31. The standard InChI is InChI=1S/C17H20N4O4/c1-17(2,3)15-19-14(25-20-15)10-5-6-11(12(9-10)24-4)21-8-7-13(22)18-16(21)23/h5-6,9H,7-8H2,1-4H3,(H,18,22,23). The van der Waals surface area contributed by atoms with Gasteiger partial charge < -0.3 is 9.26 Å². The number of hydrogen-bond acceptors (Lipinski definition) is 6. The van der Waals surface area contributed by atoms with Crippen molar-refractivity contribution in [3.05, 3.63) is 24.0 Å². The van der Waals surface area contributed by atoms with Crippen molar-refractivity contribution in [3.8, 4) is 17.2 Å². The fourth-order valence-electron chi connectivity index (χ4n) is 2.47. The summed E-state index contributed by atoms with van der Waals surface area (Å²) in [6, 6.07) is 4.79. The number of benzene rings is 1. The highest BCUT2D eigenvalue weighted by molar-refractivity contribution is 6.06. The molecule has 3 amide bonds. The van der Waals surface area contributed by atoms with Crippen LogP contribution in [0.4, 0.5) is 10.5 Å². The second-order valence-corrected chi connectivity index (χ2v) is 6.81. The number of imide groups is 1. The number of amides is 3. The van der Waals surface area contributed by atoms with Crippen molar-refractivity contribution in [1.82, 2.24) is 15.5 Å². The molecule has 1 N–H and O–H groups in total. The van der Waals surface area contributed by atoms with Crippen molar-refractivity contribution in [2.75, 3.05) is 18.6 Å². The Morgan fingerprint density at radius 2 is 2.04 bits per heavy atom. The largest absolute Gasteiger partial charge is 0.495 e. The number of carbonyl (C=O) groups is 2. The lowest BCUT2D eigenvalue weighted by Gasteiger charge is -2.27. The summed E-state index contributed by atoms with van der Waals surface area (Å²) < 4.78 is 10.8. The molecule has 3 rings (SSSR count). The number of ether oxygens (including phenoxy) is 1. The van der Waals surface area contributed by atoms with Gasteiger partial charge >= 0.3 is 6.03 Å². The van der Waals surface area contributed by atoms with Crippen LogP contribution in [0.1, 0.15) is 33.0 Å². The molecule has 1 saturated heterocycles. The molecule has 8 heteroatoms. The van der Waals surface area contributed by atoms with E-state index < -0.39 is 6.03 Å². The first-order chi connectivity index (χ1) is 11.8. The smallest absolute Gasteiger partial charge is 0.328 e. The third-order valence-electron chi connectivity index (χ3n) is 3.87. The lowest BCUT2D eigenvalue weighted by atomic mass is 9.96. The Hall–Kier alpha value is -2.90. The molecule has 0 aliphatic carbocycles. The third kappa shape index (κ3) is 3.33. The van der Waals surface area contributed by atoms with Crippen LogP contribution in [0.2, 0.25) is 0 Å². The summed E-state index contributed by atoms with van der Waals surface area (Å²) in [4.78, 5) is 29.2. The molecule has 1 aliphatic rings. The minimum atomic E-state index is -0.463. The fraction of sp³-hybridized carbons (Fsp3) is 0.412. The van der Waals surface area contributed by atoms with Crippen molar-refractivity contribution in [2.24, 2.45) is 0 Å². The fourth-order valence-corrected chi connectivity index (χ4v) is 2.47. The van der Waals surface area contributed by atoms with Gasteiger partial charge in [-0.05, 0) is 18.2 Å². The van der Waals surface area contributed by atoms with Crippen LogP contribution in [0.3, 0.4) is 0 Å². The van der Waals surface area contributed by atoms with Crippen LogP contribution in [-0.4, -0.2) is 35.7 Å². The zero-order chi connectivity index (χ0) is 18.2. The van der Waals surface area contributed by atoms with Crippen molar-refractivity contribution in [3.63, 3.8) is 0 Å². The van der Waals surface area contributed by atoms with Crippen LogP contribution in [-0.2, 0) is 10.2 Å². The molecule has 1 aromatic carbocycles. The number of nitrogens with zero attached hydrogens (tertiary/aromatic N) is 3. The maximum Gasteiger partial charge on any atom is 0.328 e. The van der Waals surface area contributed by atoms with E-state index in [4.69, 9.17) is 9.26 Å². The molecular formula is C17H20N4O4. The van der Waals surface area contributed by atoms with E-state index in [2.05, 4.69) is 15.5 Å². The molecule has 0 spiro atoms. The van der Waals surface area contributed by atoms with E-state index >= 15 is 0 Å². The van der Waals surface area contributed by atoms with E-state index in [1.54, 1.807) is 18.2 Å². The second kappa shape index (κ2) is 6.19. The van der Waals surface area contributed by atoms with Crippen molar-refractivity contribution < 1.29 is 18.8 Å². The predicted molar refractivity (Wildman–Crippen MR) is 90.5 cm³/mol. The molecule has 132 valence electrons. The molecule has 2 aromatic rings. The van der Waals surface area contributed by atoms with Gasteiger partial charge in [-0.25, -0.2) is 4.79 Å². The van der Waals surface area contributed by atoms with Crippen molar-refractivity contribution >= 4 is 17.6 Å². The van der Waals surface area contributed by atoms with Gasteiger partial charge in [0.2, 0.25) is 5.91 Å². The molecule has 0 radical (unpaired) electrons. The van der Waals surface area contributed by atoms with Crippen molar-refractivity contribution in [1.29, 1.82) is 0 Å². The molecule has 2 heterocycles. The van der Waals surface area contributed by atoms with Gasteiger partial charge in [0.15, 0.2) is 5.82 Å². The molecule has 0 bridgehead atoms. The Morgan fingerprint density at radius 1 is 1.28 bits per heavy atom. The maximum absolute atomic E-state index is 12.0.